The van der Waals surface area contributed by atoms with Crippen LogP contribution in [0.4, 0.5) is 0 Å². The molecule has 0 aromatic carbocycles. The molecule has 0 radical (unpaired) electrons. The van der Waals surface area contributed by atoms with Crippen molar-refractivity contribution in [1.82, 2.24) is 0 Å². The molecule has 256 valence electrons. The standard InChI is InChI=1S/C14H28O7.2C6H13O4.2Rf/c1-17-9-13(15)11-20-7-3-5-19-6-4-8-21-12-14(16)10-18-2;2*1-9-4-6(8)5-10-3-2-7;;/h13-16H,1-12H2;2*6-8H,1-5H2;;/q-2;2*-1;;. The van der Waals surface area contributed by atoms with E-state index in [2.05, 4.69) is 47.4 Å². The topological polar surface area (TPSA) is 204 Å². The molecule has 0 amide bonds. The van der Waals surface area contributed by atoms with Crippen LogP contribution in [0.1, 0.15) is 12.8 Å². The van der Waals surface area contributed by atoms with Gasteiger partial charge in [-0.05, 0) is 12.8 Å². The SMILES string of the molecule is [CH2-]OCC(O)COCCCOCCCOCC(O)CO[CH2-].[CH2-]OCC(O)COCCO.[CH2-]OCC(O)COCCO.[Rf].[Rf]. The first kappa shape index (κ1) is 50.0. The molecule has 0 spiro atoms. The predicted octanol–water partition coefficient (Wildman–Crippen LogP) is -1.52. The van der Waals surface area contributed by atoms with Crippen LogP contribution in [-0.2, 0) is 42.6 Å². The van der Waals surface area contributed by atoms with Gasteiger partial charge < -0.3 is 73.3 Å². The van der Waals surface area contributed by atoms with Crippen LogP contribution in [0, 0.1) is 28.4 Å². The molecule has 17 heteroatoms. The van der Waals surface area contributed by atoms with Gasteiger partial charge in [0.15, 0.2) is 0 Å². The molecule has 0 aliphatic heterocycles. The van der Waals surface area contributed by atoms with E-state index < -0.39 is 24.4 Å². The Hall–Kier alpha value is -2.60. The van der Waals surface area contributed by atoms with Gasteiger partial charge in [0.2, 0.25) is 0 Å². The summed E-state index contributed by atoms with van der Waals surface area (Å²) in [5.41, 5.74) is 0. The van der Waals surface area contributed by atoms with Crippen LogP contribution in [-0.4, -0.2) is 161 Å². The van der Waals surface area contributed by atoms with Crippen LogP contribution in [0.25, 0.3) is 0 Å². The van der Waals surface area contributed by atoms with E-state index in [1.807, 2.05) is 0 Å². The largest absolute Gasteiger partial charge is 0.553 e. The fourth-order valence-electron chi connectivity index (χ4n) is 2.37. The Kier molecular flexibility index (Phi) is 51.0. The van der Waals surface area contributed by atoms with E-state index in [0.29, 0.717) is 26.4 Å². The van der Waals surface area contributed by atoms with Crippen LogP contribution in [0.2, 0.25) is 0 Å². The monoisotopic (exact) mass is 1140 g/mol. The third kappa shape index (κ3) is 49.4. The van der Waals surface area contributed by atoms with Gasteiger partial charge in [0, 0.05) is 52.9 Å². The Bertz CT molecular complexity index is 425. The Labute approximate surface area is 245 Å². The van der Waals surface area contributed by atoms with E-state index in [1.165, 1.54) is 0 Å². The van der Waals surface area contributed by atoms with Crippen LogP contribution >= 0.6 is 0 Å². The van der Waals surface area contributed by atoms with Crippen LogP contribution in [0.5, 0.6) is 0 Å². The summed E-state index contributed by atoms with van der Waals surface area (Å²) in [6.45, 7) is 4.18. The Morgan fingerprint density at radius 3 is 0.837 bits per heavy atom. The fraction of sp³-hybridized carbons (Fsp3) is 0.846. The summed E-state index contributed by atoms with van der Waals surface area (Å²) in [6.07, 6.45) is -1.04. The van der Waals surface area contributed by atoms with Crippen molar-refractivity contribution in [2.45, 2.75) is 37.3 Å². The molecule has 0 fully saturated rings. The van der Waals surface area contributed by atoms with Gasteiger partial charge in [0.1, 0.15) is 0 Å². The average molecular weight is 1140 g/mol. The van der Waals surface area contributed by atoms with Crippen molar-refractivity contribution in [2.75, 3.05) is 106 Å². The molecule has 15 nitrogen and oxygen atoms in total. The van der Waals surface area contributed by atoms with Gasteiger partial charge in [0.05, 0.1) is 77.3 Å². The minimum absolute atomic E-state index is 0. The molecule has 0 aliphatic rings. The van der Waals surface area contributed by atoms with E-state index in [9.17, 15) is 10.2 Å². The fourth-order valence-corrected chi connectivity index (χ4v) is 2.37. The summed E-state index contributed by atoms with van der Waals surface area (Å²) < 4.78 is 43.3. The number of hydrogen-bond acceptors (Lipinski definition) is 15. The molecule has 0 rings (SSSR count). The van der Waals surface area contributed by atoms with Gasteiger partial charge in [-0.25, -0.2) is 28.4 Å². The predicted molar refractivity (Wildman–Crippen MR) is 147 cm³/mol. The van der Waals surface area contributed by atoms with Crippen molar-refractivity contribution < 1.29 is 73.3 Å². The molecule has 43 heavy (non-hydrogen) atoms. The number of hydrogen-bond donors (Lipinski definition) is 6. The second-order valence-electron chi connectivity index (χ2n) is 8.16. The van der Waals surface area contributed by atoms with Gasteiger partial charge in [-0.2, -0.15) is 0 Å². The Balaban J connectivity index is -0.000000184. The van der Waals surface area contributed by atoms with Crippen molar-refractivity contribution in [3.05, 3.63) is 28.4 Å². The van der Waals surface area contributed by atoms with Crippen molar-refractivity contribution in [1.29, 1.82) is 0 Å². The second kappa shape index (κ2) is 43.8. The zero-order valence-electron chi connectivity index (χ0n) is 25.6. The van der Waals surface area contributed by atoms with Crippen LogP contribution in [0.3, 0.4) is 0 Å². The summed E-state index contributed by atoms with van der Waals surface area (Å²) in [7, 11) is 12.5. The number of ether oxygens (including phenoxy) is 9. The molecule has 0 aromatic rings. The van der Waals surface area contributed by atoms with Gasteiger partial charge >= 0.3 is 0 Å². The third-order valence-electron chi connectivity index (χ3n) is 4.11. The maximum Gasteiger partial charge on any atom is 0.0976 e. The number of rotatable bonds is 28. The Morgan fingerprint density at radius 2 is 0.605 bits per heavy atom. The van der Waals surface area contributed by atoms with E-state index in [-0.39, 0.29) is 79.3 Å². The first-order valence-corrected chi connectivity index (χ1v) is 13.1. The zero-order valence-corrected chi connectivity index (χ0v) is 38.4. The van der Waals surface area contributed by atoms with Crippen molar-refractivity contribution in [3.8, 4) is 0 Å². The van der Waals surface area contributed by atoms with Crippen molar-refractivity contribution >= 4 is 0 Å². The van der Waals surface area contributed by atoms with Gasteiger partial charge in [-0.15, -0.1) is 0 Å². The van der Waals surface area contributed by atoms with Crippen LogP contribution < -0.4 is 0 Å². The summed E-state index contributed by atoms with van der Waals surface area (Å²) in [5, 5.41) is 52.9. The van der Waals surface area contributed by atoms with Crippen LogP contribution in [0.15, 0.2) is 0 Å². The first-order valence-electron chi connectivity index (χ1n) is 13.1. The maximum absolute atomic E-state index is 9.28. The zero-order chi connectivity index (χ0) is 31.4. The molecule has 0 aromatic heterocycles. The van der Waals surface area contributed by atoms with Gasteiger partial charge in [-0.3, -0.25) is 0 Å². The third-order valence-corrected chi connectivity index (χ3v) is 4.11. The molecular weight excluding hydrogens is 1090 g/mol. The van der Waals surface area contributed by atoms with E-state index in [0.717, 1.165) is 12.8 Å². The first-order chi connectivity index (χ1) is 19.8. The summed E-state index contributed by atoms with van der Waals surface area (Å²) in [5.74, 6) is 0. The molecule has 0 saturated heterocycles. The van der Waals surface area contributed by atoms with Gasteiger partial charge in [0.25, 0.3) is 0 Å². The number of aliphatic hydroxyl groups excluding tert-OH is 6. The molecule has 6 N–H and O–H groups in total. The molecule has 4 unspecified atom stereocenters. The minimum atomic E-state index is -0.649. The van der Waals surface area contributed by atoms with Crippen molar-refractivity contribution in [2.24, 2.45) is 0 Å². The average Bonchev–Trinajstić information content (AvgIpc) is 2.93. The molecule has 0 saturated carbocycles. The summed E-state index contributed by atoms with van der Waals surface area (Å²) in [6, 6.07) is 0. The molecule has 0 bridgehead atoms. The van der Waals surface area contributed by atoms with Gasteiger partial charge in [-0.1, -0.05) is 0 Å². The normalized spacial score (nSPS) is 13.3. The smallest absolute Gasteiger partial charge is 0.0976 e. The molecule has 4 atom stereocenters. The minimum Gasteiger partial charge on any atom is -0.553 e. The molecule has 0 heterocycles. The molecular formula is C26H54O15Rf2-4. The number of aliphatic hydroxyl groups is 6. The Morgan fingerprint density at radius 1 is 0.372 bits per heavy atom. The van der Waals surface area contributed by atoms with E-state index >= 15 is 0 Å². The maximum atomic E-state index is 9.28. The molecule has 0 aliphatic carbocycles. The second-order valence-corrected chi connectivity index (χ2v) is 8.16. The van der Waals surface area contributed by atoms with Crippen molar-refractivity contribution in [3.63, 3.8) is 0 Å². The van der Waals surface area contributed by atoms with E-state index in [4.69, 9.17) is 44.1 Å². The summed E-state index contributed by atoms with van der Waals surface area (Å²) >= 11 is 0. The summed E-state index contributed by atoms with van der Waals surface area (Å²) in [4.78, 5) is 0. The quantitative estimate of drug-likeness (QED) is 0.0390. The van der Waals surface area contributed by atoms with E-state index in [1.54, 1.807) is 0 Å².